The molecule has 11 nitrogen and oxygen atoms in total. The summed E-state index contributed by atoms with van der Waals surface area (Å²) in [5.74, 6) is -1.72. The van der Waals surface area contributed by atoms with E-state index in [2.05, 4.69) is 15.0 Å². The number of hydrogen-bond acceptors (Lipinski definition) is 10. The molecule has 0 amide bonds. The maximum Gasteiger partial charge on any atom is 0.303 e. The first-order valence-corrected chi connectivity index (χ1v) is 10.6. The predicted octanol–water partition coefficient (Wildman–Crippen LogP) is 2.13. The normalized spacial score (nSPS) is 21.9. The topological polar surface area (TPSA) is 132 Å². The van der Waals surface area contributed by atoms with Crippen molar-refractivity contribution in [2.75, 3.05) is 6.61 Å². The van der Waals surface area contributed by atoms with Crippen LogP contribution in [0.2, 0.25) is 0 Å². The molecule has 4 rings (SSSR count). The Balaban J connectivity index is 1.77. The van der Waals surface area contributed by atoms with E-state index in [1.54, 1.807) is 4.57 Å². The Hall–Kier alpha value is -3.86. The van der Waals surface area contributed by atoms with Gasteiger partial charge >= 0.3 is 17.9 Å². The molecular weight excluding hydrogens is 444 g/mol. The zero-order chi connectivity index (χ0) is 24.4. The van der Waals surface area contributed by atoms with Gasteiger partial charge < -0.3 is 18.9 Å². The van der Waals surface area contributed by atoms with Gasteiger partial charge in [0, 0.05) is 26.3 Å². The Bertz CT molecular complexity index is 1240. The van der Waals surface area contributed by atoms with E-state index in [4.69, 9.17) is 18.9 Å². The molecule has 0 spiro atoms. The van der Waals surface area contributed by atoms with Crippen LogP contribution >= 0.6 is 0 Å². The molecule has 11 heteroatoms. The zero-order valence-corrected chi connectivity index (χ0v) is 19.1. The molecule has 1 fully saturated rings. The third kappa shape index (κ3) is 4.74. The van der Waals surface area contributed by atoms with Crippen LogP contribution in [0.5, 0.6) is 0 Å². The fourth-order valence-corrected chi connectivity index (χ4v) is 3.96. The van der Waals surface area contributed by atoms with E-state index >= 15 is 0 Å². The highest BCUT2D eigenvalue weighted by Crippen LogP contribution is 2.36. The first-order chi connectivity index (χ1) is 16.2. The highest BCUT2D eigenvalue weighted by Gasteiger charge is 2.51. The number of hydrogen-bond donors (Lipinski definition) is 0. The van der Waals surface area contributed by atoms with Crippen molar-refractivity contribution < 1.29 is 33.3 Å². The van der Waals surface area contributed by atoms with Crippen molar-refractivity contribution in [1.29, 1.82) is 0 Å². The van der Waals surface area contributed by atoms with Crippen molar-refractivity contribution in [3.8, 4) is 11.3 Å². The second-order valence-corrected chi connectivity index (χ2v) is 7.93. The number of ether oxygens (including phenoxy) is 4. The SMILES string of the molecule is CC(=O)OC[C@H]1O[C@@H](n2cnc3c(-c4cccc(C)c4)ncnc32)[C@H](OC(C)=O)[C@@H]1OC(C)=O. The quantitative estimate of drug-likeness (QED) is 0.391. The predicted molar refractivity (Wildman–Crippen MR) is 117 cm³/mol. The molecule has 2 aromatic heterocycles. The maximum atomic E-state index is 11.9. The third-order valence-electron chi connectivity index (χ3n) is 5.26. The number of nitrogens with zero attached hydrogens (tertiary/aromatic N) is 4. The lowest BCUT2D eigenvalue weighted by atomic mass is 10.1. The second kappa shape index (κ2) is 9.56. The lowest BCUT2D eigenvalue weighted by Crippen LogP contribution is -2.40. The number of aromatic nitrogens is 4. The minimum Gasteiger partial charge on any atom is -0.463 e. The molecule has 0 N–H and O–H groups in total. The van der Waals surface area contributed by atoms with Gasteiger partial charge in [0.1, 0.15) is 30.2 Å². The summed E-state index contributed by atoms with van der Waals surface area (Å²) < 4.78 is 23.7. The highest BCUT2D eigenvalue weighted by atomic mass is 16.7. The molecule has 1 saturated heterocycles. The molecule has 3 aromatic rings. The number of fused-ring (bicyclic) bond motifs is 1. The molecule has 0 saturated carbocycles. The Morgan fingerprint density at radius 2 is 1.74 bits per heavy atom. The Labute approximate surface area is 195 Å². The van der Waals surface area contributed by atoms with Crippen molar-refractivity contribution in [2.24, 2.45) is 0 Å². The lowest BCUT2D eigenvalue weighted by Gasteiger charge is -2.23. The molecule has 4 atom stereocenters. The van der Waals surface area contributed by atoms with Crippen LogP contribution in [-0.4, -0.2) is 62.3 Å². The van der Waals surface area contributed by atoms with Crippen LogP contribution in [0.4, 0.5) is 0 Å². The summed E-state index contributed by atoms with van der Waals surface area (Å²) in [5.41, 5.74) is 3.51. The number of benzene rings is 1. The monoisotopic (exact) mass is 468 g/mol. The van der Waals surface area contributed by atoms with Crippen LogP contribution in [0, 0.1) is 6.92 Å². The van der Waals surface area contributed by atoms with Gasteiger partial charge in [-0.25, -0.2) is 15.0 Å². The molecule has 0 radical (unpaired) electrons. The number of carbonyl (C=O) groups is 3. The molecule has 0 bridgehead atoms. The summed E-state index contributed by atoms with van der Waals surface area (Å²) in [6.07, 6.45) is -0.957. The van der Waals surface area contributed by atoms with Gasteiger partial charge in [0.15, 0.2) is 24.1 Å². The van der Waals surface area contributed by atoms with E-state index in [-0.39, 0.29) is 6.61 Å². The number of carbonyl (C=O) groups excluding carboxylic acids is 3. The number of imidazole rings is 1. The van der Waals surface area contributed by atoms with Gasteiger partial charge in [-0.1, -0.05) is 23.8 Å². The smallest absolute Gasteiger partial charge is 0.303 e. The first-order valence-electron chi connectivity index (χ1n) is 10.6. The van der Waals surface area contributed by atoms with Gasteiger partial charge in [0.25, 0.3) is 0 Å². The van der Waals surface area contributed by atoms with E-state index in [0.29, 0.717) is 16.9 Å². The summed E-state index contributed by atoms with van der Waals surface area (Å²) in [6, 6.07) is 7.82. The summed E-state index contributed by atoms with van der Waals surface area (Å²) in [5, 5.41) is 0. The minimum absolute atomic E-state index is 0.197. The molecule has 3 heterocycles. The Morgan fingerprint density at radius 1 is 1.00 bits per heavy atom. The van der Waals surface area contributed by atoms with Crippen LogP contribution in [0.25, 0.3) is 22.4 Å². The van der Waals surface area contributed by atoms with Crippen LogP contribution < -0.4 is 0 Å². The summed E-state index contributed by atoms with van der Waals surface area (Å²) >= 11 is 0. The Morgan fingerprint density at radius 3 is 2.41 bits per heavy atom. The van der Waals surface area contributed by atoms with E-state index < -0.39 is 42.4 Å². The summed E-state index contributed by atoms with van der Waals surface area (Å²) in [7, 11) is 0. The van der Waals surface area contributed by atoms with Gasteiger partial charge in [-0.15, -0.1) is 0 Å². The number of esters is 3. The number of rotatable bonds is 6. The van der Waals surface area contributed by atoms with Crippen LogP contribution in [-0.2, 0) is 33.3 Å². The van der Waals surface area contributed by atoms with Crippen molar-refractivity contribution in [2.45, 2.75) is 52.2 Å². The summed E-state index contributed by atoms with van der Waals surface area (Å²) in [4.78, 5) is 48.3. The fraction of sp³-hybridized carbons (Fsp3) is 0.391. The maximum absolute atomic E-state index is 11.9. The molecule has 1 aliphatic rings. The lowest BCUT2D eigenvalue weighted by molar-refractivity contribution is -0.166. The van der Waals surface area contributed by atoms with Crippen LogP contribution in [0.3, 0.4) is 0 Å². The average molecular weight is 468 g/mol. The molecule has 1 aliphatic heterocycles. The first kappa shape index (κ1) is 23.3. The van der Waals surface area contributed by atoms with Crippen molar-refractivity contribution in [3.05, 3.63) is 42.5 Å². The second-order valence-electron chi connectivity index (χ2n) is 7.93. The van der Waals surface area contributed by atoms with Gasteiger partial charge in [-0.05, 0) is 13.0 Å². The van der Waals surface area contributed by atoms with Gasteiger partial charge in [-0.3, -0.25) is 19.0 Å². The molecule has 1 aromatic carbocycles. The van der Waals surface area contributed by atoms with Crippen molar-refractivity contribution in [3.63, 3.8) is 0 Å². The van der Waals surface area contributed by atoms with Gasteiger partial charge in [0.2, 0.25) is 0 Å². The van der Waals surface area contributed by atoms with Crippen molar-refractivity contribution >= 4 is 29.1 Å². The zero-order valence-electron chi connectivity index (χ0n) is 19.1. The minimum atomic E-state index is -1.03. The largest absolute Gasteiger partial charge is 0.463 e. The van der Waals surface area contributed by atoms with E-state index in [0.717, 1.165) is 11.1 Å². The molecule has 34 heavy (non-hydrogen) atoms. The van der Waals surface area contributed by atoms with Crippen molar-refractivity contribution in [1.82, 2.24) is 19.5 Å². The molecular formula is C23H24N4O7. The standard InChI is InChI=1S/C23H24N4O7/c1-12-6-5-7-16(8-12)18-19-22(25-10-24-18)27(11-26-19)23-21(33-15(4)30)20(32-14(3)29)17(34-23)9-31-13(2)28/h5-8,10-11,17,20-21,23H,9H2,1-4H3/t17-,20-,21-,23-/m1/s1. The number of aryl methyl sites for hydroxylation is 1. The third-order valence-corrected chi connectivity index (χ3v) is 5.26. The summed E-state index contributed by atoms with van der Waals surface area (Å²) in [6.45, 7) is 5.51. The molecule has 0 unspecified atom stereocenters. The average Bonchev–Trinajstić information content (AvgIpc) is 3.33. The fourth-order valence-electron chi connectivity index (χ4n) is 3.96. The van der Waals surface area contributed by atoms with E-state index in [1.165, 1.54) is 33.4 Å². The highest BCUT2D eigenvalue weighted by molar-refractivity contribution is 5.87. The van der Waals surface area contributed by atoms with E-state index in [1.807, 2.05) is 31.2 Å². The van der Waals surface area contributed by atoms with Crippen LogP contribution in [0.1, 0.15) is 32.6 Å². The van der Waals surface area contributed by atoms with Crippen LogP contribution in [0.15, 0.2) is 36.9 Å². The molecule has 0 aliphatic carbocycles. The molecule has 178 valence electrons. The van der Waals surface area contributed by atoms with Gasteiger partial charge in [0.05, 0.1) is 6.33 Å². The van der Waals surface area contributed by atoms with Gasteiger partial charge in [-0.2, -0.15) is 0 Å². The van der Waals surface area contributed by atoms with E-state index in [9.17, 15) is 14.4 Å². The Kier molecular flexibility index (Phi) is 6.55.